The Hall–Kier alpha value is -0.0400. The molecule has 0 radical (unpaired) electrons. The molecule has 1 saturated carbocycles. The van der Waals surface area contributed by atoms with Crippen LogP contribution >= 0.6 is 0 Å². The van der Waals surface area contributed by atoms with E-state index >= 15 is 0 Å². The van der Waals surface area contributed by atoms with Crippen LogP contribution in [-0.4, -0.2) is 10.7 Å². The maximum Gasteiger partial charge on any atom is 0.0698 e. The van der Waals surface area contributed by atoms with Crippen LogP contribution in [0.4, 0.5) is 0 Å². The summed E-state index contributed by atoms with van der Waals surface area (Å²) in [5.41, 5.74) is -0.194. The molecular weight excluding hydrogens is 148 g/mol. The third kappa shape index (κ3) is 1.39. The molecule has 0 aromatic carbocycles. The van der Waals surface area contributed by atoms with Gasteiger partial charge in [-0.2, -0.15) is 0 Å². The van der Waals surface area contributed by atoms with Gasteiger partial charge in [-0.3, -0.25) is 0 Å². The Morgan fingerprint density at radius 1 is 1.08 bits per heavy atom. The van der Waals surface area contributed by atoms with Crippen molar-refractivity contribution in [1.29, 1.82) is 0 Å². The molecule has 72 valence electrons. The summed E-state index contributed by atoms with van der Waals surface area (Å²) < 4.78 is 0. The molecular formula is C11H22O. The molecule has 0 aromatic rings. The van der Waals surface area contributed by atoms with Gasteiger partial charge in [0.1, 0.15) is 0 Å². The van der Waals surface area contributed by atoms with Crippen LogP contribution < -0.4 is 0 Å². The molecule has 1 fully saturated rings. The van der Waals surface area contributed by atoms with Crippen LogP contribution in [0.5, 0.6) is 0 Å². The first-order chi connectivity index (χ1) is 5.58. The van der Waals surface area contributed by atoms with Gasteiger partial charge in [0, 0.05) is 0 Å². The zero-order valence-electron chi connectivity index (χ0n) is 8.69. The Kier molecular flexibility index (Phi) is 2.82. The minimum absolute atomic E-state index is 0.181. The van der Waals surface area contributed by atoms with Crippen molar-refractivity contribution >= 4 is 0 Å². The molecule has 0 aromatic heterocycles. The van der Waals surface area contributed by atoms with Gasteiger partial charge in [0.2, 0.25) is 0 Å². The normalized spacial score (nSPS) is 43.0. The lowest BCUT2D eigenvalue weighted by Gasteiger charge is -2.48. The third-order valence-electron chi connectivity index (χ3n) is 4.06. The molecule has 12 heavy (non-hydrogen) atoms. The third-order valence-corrected chi connectivity index (χ3v) is 4.06. The van der Waals surface area contributed by atoms with E-state index in [1.165, 1.54) is 19.3 Å². The largest absolute Gasteiger partial charge is 0.389 e. The van der Waals surface area contributed by atoms with Gasteiger partial charge in [0.05, 0.1) is 5.60 Å². The Balaban J connectivity index is 2.79. The Bertz CT molecular complexity index is 137. The number of aliphatic hydroxyl groups is 1. The van der Waals surface area contributed by atoms with E-state index in [0.717, 1.165) is 19.3 Å². The van der Waals surface area contributed by atoms with Crippen LogP contribution in [0.2, 0.25) is 0 Å². The highest BCUT2D eigenvalue weighted by Gasteiger charge is 2.45. The number of rotatable bonds is 2. The van der Waals surface area contributed by atoms with Crippen molar-refractivity contribution in [2.45, 2.75) is 64.9 Å². The second kappa shape index (κ2) is 3.37. The Morgan fingerprint density at radius 3 is 2.08 bits per heavy atom. The SMILES string of the molecule is CCC1(C)CCCCC1(O)CC. The van der Waals surface area contributed by atoms with Crippen LogP contribution in [0.1, 0.15) is 59.3 Å². The van der Waals surface area contributed by atoms with E-state index in [-0.39, 0.29) is 11.0 Å². The standard InChI is InChI=1S/C11H22O/c1-4-10(3)8-6-7-9-11(10,12)5-2/h12H,4-9H2,1-3H3. The predicted molar refractivity (Wildman–Crippen MR) is 52.1 cm³/mol. The van der Waals surface area contributed by atoms with Crippen LogP contribution in [0, 0.1) is 5.41 Å². The lowest BCUT2D eigenvalue weighted by molar-refractivity contribution is -0.110. The minimum atomic E-state index is -0.375. The Labute approximate surface area is 76.2 Å². The molecule has 1 aliphatic carbocycles. The highest BCUT2D eigenvalue weighted by Crippen LogP contribution is 2.47. The Morgan fingerprint density at radius 2 is 1.67 bits per heavy atom. The molecule has 0 bridgehead atoms. The summed E-state index contributed by atoms with van der Waals surface area (Å²) in [6.45, 7) is 6.56. The molecule has 1 heteroatoms. The molecule has 0 aliphatic heterocycles. The summed E-state index contributed by atoms with van der Waals surface area (Å²) in [6, 6.07) is 0. The molecule has 1 N–H and O–H groups in total. The lowest BCUT2D eigenvalue weighted by atomic mass is 9.62. The second-order valence-corrected chi connectivity index (χ2v) is 4.51. The van der Waals surface area contributed by atoms with Gasteiger partial charge in [0.25, 0.3) is 0 Å². The minimum Gasteiger partial charge on any atom is -0.389 e. The quantitative estimate of drug-likeness (QED) is 0.675. The first-order valence-corrected chi connectivity index (χ1v) is 5.30. The smallest absolute Gasteiger partial charge is 0.0698 e. The molecule has 0 amide bonds. The summed E-state index contributed by atoms with van der Waals surface area (Å²) >= 11 is 0. The highest BCUT2D eigenvalue weighted by molar-refractivity contribution is 4.97. The van der Waals surface area contributed by atoms with Crippen LogP contribution in [-0.2, 0) is 0 Å². The fourth-order valence-electron chi connectivity index (χ4n) is 2.58. The molecule has 0 saturated heterocycles. The second-order valence-electron chi connectivity index (χ2n) is 4.51. The average molecular weight is 170 g/mol. The summed E-state index contributed by atoms with van der Waals surface area (Å²) in [5, 5.41) is 10.4. The topological polar surface area (TPSA) is 20.2 Å². The maximum atomic E-state index is 10.4. The number of hydrogen-bond acceptors (Lipinski definition) is 1. The van der Waals surface area contributed by atoms with Crippen molar-refractivity contribution in [2.75, 3.05) is 0 Å². The van der Waals surface area contributed by atoms with Crippen molar-refractivity contribution in [1.82, 2.24) is 0 Å². The first-order valence-electron chi connectivity index (χ1n) is 5.30. The monoisotopic (exact) mass is 170 g/mol. The van der Waals surface area contributed by atoms with Gasteiger partial charge in [-0.05, 0) is 31.1 Å². The van der Waals surface area contributed by atoms with E-state index in [1.54, 1.807) is 0 Å². The predicted octanol–water partition coefficient (Wildman–Crippen LogP) is 3.12. The van der Waals surface area contributed by atoms with Gasteiger partial charge in [-0.1, -0.05) is 33.6 Å². The van der Waals surface area contributed by atoms with Crippen LogP contribution in [0.3, 0.4) is 0 Å². The first kappa shape index (κ1) is 10.0. The van der Waals surface area contributed by atoms with Gasteiger partial charge >= 0.3 is 0 Å². The van der Waals surface area contributed by atoms with Gasteiger partial charge < -0.3 is 5.11 Å². The van der Waals surface area contributed by atoms with Crippen LogP contribution in [0.15, 0.2) is 0 Å². The highest BCUT2D eigenvalue weighted by atomic mass is 16.3. The fourth-order valence-corrected chi connectivity index (χ4v) is 2.58. The molecule has 1 aliphatic rings. The van der Waals surface area contributed by atoms with Crippen molar-refractivity contribution in [2.24, 2.45) is 5.41 Å². The van der Waals surface area contributed by atoms with Gasteiger partial charge in [-0.25, -0.2) is 0 Å². The van der Waals surface area contributed by atoms with Gasteiger partial charge in [-0.15, -0.1) is 0 Å². The number of hydrogen-bond donors (Lipinski definition) is 1. The molecule has 1 rings (SSSR count). The molecule has 2 unspecified atom stereocenters. The zero-order chi connectivity index (χ0) is 9.24. The lowest BCUT2D eigenvalue weighted by Crippen LogP contribution is -2.48. The van der Waals surface area contributed by atoms with E-state index in [1.807, 2.05) is 0 Å². The van der Waals surface area contributed by atoms with Crippen molar-refractivity contribution in [3.05, 3.63) is 0 Å². The fraction of sp³-hybridized carbons (Fsp3) is 1.00. The van der Waals surface area contributed by atoms with Gasteiger partial charge in [0.15, 0.2) is 0 Å². The van der Waals surface area contributed by atoms with E-state index < -0.39 is 0 Å². The molecule has 1 nitrogen and oxygen atoms in total. The van der Waals surface area contributed by atoms with Crippen molar-refractivity contribution < 1.29 is 5.11 Å². The summed E-state index contributed by atoms with van der Waals surface area (Å²) in [7, 11) is 0. The summed E-state index contributed by atoms with van der Waals surface area (Å²) in [5.74, 6) is 0. The average Bonchev–Trinajstić information content (AvgIpc) is 2.10. The van der Waals surface area contributed by atoms with Crippen LogP contribution in [0.25, 0.3) is 0 Å². The van der Waals surface area contributed by atoms with Crippen molar-refractivity contribution in [3.63, 3.8) is 0 Å². The van der Waals surface area contributed by atoms with E-state index in [9.17, 15) is 5.11 Å². The maximum absolute atomic E-state index is 10.4. The molecule has 2 atom stereocenters. The summed E-state index contributed by atoms with van der Waals surface area (Å²) in [4.78, 5) is 0. The zero-order valence-corrected chi connectivity index (χ0v) is 8.69. The summed E-state index contributed by atoms with van der Waals surface area (Å²) in [6.07, 6.45) is 6.74. The van der Waals surface area contributed by atoms with E-state index in [0.29, 0.717) is 0 Å². The van der Waals surface area contributed by atoms with E-state index in [4.69, 9.17) is 0 Å². The molecule has 0 heterocycles. The molecule has 0 spiro atoms. The van der Waals surface area contributed by atoms with E-state index in [2.05, 4.69) is 20.8 Å². The van der Waals surface area contributed by atoms with Crippen molar-refractivity contribution in [3.8, 4) is 0 Å².